The average Bonchev–Trinajstić information content (AvgIpc) is 2.79. The fourth-order valence-corrected chi connectivity index (χ4v) is 3.76. The molecule has 1 aliphatic heterocycles. The molecule has 3 aromatic rings. The normalized spacial score (nSPS) is 15.7. The van der Waals surface area contributed by atoms with Gasteiger partial charge in [0.2, 0.25) is 5.95 Å². The van der Waals surface area contributed by atoms with Crippen LogP contribution in [0.4, 0.5) is 5.95 Å². The fourth-order valence-electron chi connectivity index (χ4n) is 3.63. The molecule has 6 nitrogen and oxygen atoms in total. The van der Waals surface area contributed by atoms with E-state index in [0.29, 0.717) is 17.7 Å². The zero-order valence-corrected chi connectivity index (χ0v) is 16.6. The number of aromatic nitrogens is 3. The lowest BCUT2D eigenvalue weighted by molar-refractivity contribution is 0.388. The highest BCUT2D eigenvalue weighted by atomic mass is 35.5. The van der Waals surface area contributed by atoms with Crippen LogP contribution in [0.1, 0.15) is 35.7 Å². The average molecular weight is 405 g/mol. The highest BCUT2D eigenvalue weighted by molar-refractivity contribution is 6.30. The van der Waals surface area contributed by atoms with Gasteiger partial charge in [0.25, 0.3) is 0 Å². The van der Waals surface area contributed by atoms with Crippen LogP contribution in [0.5, 0.6) is 0 Å². The third kappa shape index (κ3) is 4.70. The van der Waals surface area contributed by atoms with Gasteiger partial charge in [-0.15, -0.1) is 0 Å². The first-order valence-corrected chi connectivity index (χ1v) is 10.0. The van der Waals surface area contributed by atoms with Crippen molar-refractivity contribution in [1.82, 2.24) is 20.3 Å². The van der Waals surface area contributed by atoms with E-state index in [9.17, 15) is 0 Å². The van der Waals surface area contributed by atoms with Gasteiger partial charge in [-0.3, -0.25) is 4.98 Å². The van der Waals surface area contributed by atoms with Crippen molar-refractivity contribution in [3.05, 3.63) is 82.9 Å². The summed E-state index contributed by atoms with van der Waals surface area (Å²) in [4.78, 5) is 15.1. The van der Waals surface area contributed by atoms with E-state index in [1.54, 1.807) is 18.5 Å². The Morgan fingerprint density at radius 1 is 1.07 bits per heavy atom. The lowest BCUT2D eigenvalue weighted by Gasteiger charge is -2.35. The van der Waals surface area contributed by atoms with Crippen molar-refractivity contribution in [1.29, 1.82) is 5.26 Å². The molecule has 3 heterocycles. The summed E-state index contributed by atoms with van der Waals surface area (Å²) in [6.07, 6.45) is 7.26. The topological polar surface area (TPSA) is 77.7 Å². The standard InChI is InChI=1S/C22H21ClN6/c23-18-5-3-16(4-6-18)21(17-2-1-10-25-15-17)27-19-8-12-29(13-9-19)22-26-11-7-20(14-24)28-22/h1-7,10-11,15,19,21,27H,8-9,12-13H2. The summed E-state index contributed by atoms with van der Waals surface area (Å²) in [6, 6.07) is 16.1. The summed E-state index contributed by atoms with van der Waals surface area (Å²) in [5.41, 5.74) is 2.69. The number of rotatable bonds is 5. The summed E-state index contributed by atoms with van der Waals surface area (Å²) < 4.78 is 0. The quantitative estimate of drug-likeness (QED) is 0.697. The van der Waals surface area contributed by atoms with Crippen LogP contribution in [-0.2, 0) is 0 Å². The molecule has 1 N–H and O–H groups in total. The lowest BCUT2D eigenvalue weighted by atomic mass is 9.96. The maximum Gasteiger partial charge on any atom is 0.226 e. The Labute approximate surface area is 175 Å². The minimum atomic E-state index is 0.0516. The molecule has 2 aromatic heterocycles. The van der Waals surface area contributed by atoms with Crippen LogP contribution < -0.4 is 10.2 Å². The van der Waals surface area contributed by atoms with Crippen LogP contribution in [0.2, 0.25) is 5.02 Å². The van der Waals surface area contributed by atoms with Gasteiger partial charge in [0.1, 0.15) is 11.8 Å². The molecule has 0 saturated carbocycles. The van der Waals surface area contributed by atoms with E-state index in [0.717, 1.165) is 42.1 Å². The first-order chi connectivity index (χ1) is 14.2. The van der Waals surface area contributed by atoms with E-state index in [1.807, 2.05) is 24.4 Å². The molecule has 0 bridgehead atoms. The first-order valence-electron chi connectivity index (χ1n) is 9.62. The molecular weight excluding hydrogens is 384 g/mol. The number of nitriles is 1. The summed E-state index contributed by atoms with van der Waals surface area (Å²) in [7, 11) is 0. The third-order valence-corrected chi connectivity index (χ3v) is 5.41. The van der Waals surface area contributed by atoms with Crippen molar-refractivity contribution >= 4 is 17.5 Å². The Morgan fingerprint density at radius 2 is 1.86 bits per heavy atom. The van der Waals surface area contributed by atoms with Crippen LogP contribution in [0, 0.1) is 11.3 Å². The van der Waals surface area contributed by atoms with E-state index < -0.39 is 0 Å². The van der Waals surface area contributed by atoms with Crippen LogP contribution in [0.3, 0.4) is 0 Å². The predicted octanol–water partition coefficient (Wildman–Crippen LogP) is 3.74. The fraction of sp³-hybridized carbons (Fsp3) is 0.273. The summed E-state index contributed by atoms with van der Waals surface area (Å²) in [6.45, 7) is 1.68. The Hall–Kier alpha value is -3.01. The number of nitrogens with one attached hydrogen (secondary N) is 1. The van der Waals surface area contributed by atoms with E-state index in [1.165, 1.54) is 0 Å². The molecule has 0 amide bonds. The number of nitrogens with zero attached hydrogens (tertiary/aromatic N) is 5. The van der Waals surface area contributed by atoms with Crippen LogP contribution in [0.15, 0.2) is 61.1 Å². The Morgan fingerprint density at radius 3 is 2.55 bits per heavy atom. The second-order valence-electron chi connectivity index (χ2n) is 7.05. The maximum atomic E-state index is 9.05. The van der Waals surface area contributed by atoms with Gasteiger partial charge in [0.05, 0.1) is 6.04 Å². The van der Waals surface area contributed by atoms with E-state index in [-0.39, 0.29) is 6.04 Å². The number of piperidine rings is 1. The number of hydrogen-bond donors (Lipinski definition) is 1. The van der Waals surface area contributed by atoms with Crippen molar-refractivity contribution in [3.8, 4) is 6.07 Å². The van der Waals surface area contributed by atoms with Gasteiger partial charge >= 0.3 is 0 Å². The van der Waals surface area contributed by atoms with Crippen LogP contribution >= 0.6 is 11.6 Å². The maximum absolute atomic E-state index is 9.05. The van der Waals surface area contributed by atoms with Crippen molar-refractivity contribution in [2.24, 2.45) is 0 Å². The monoisotopic (exact) mass is 404 g/mol. The van der Waals surface area contributed by atoms with Crippen molar-refractivity contribution in [2.75, 3.05) is 18.0 Å². The molecule has 29 heavy (non-hydrogen) atoms. The Kier molecular flexibility index (Phi) is 5.99. The predicted molar refractivity (Wildman–Crippen MR) is 113 cm³/mol. The molecule has 1 fully saturated rings. The SMILES string of the molecule is N#Cc1ccnc(N2CCC(NC(c3ccc(Cl)cc3)c3cccnc3)CC2)n1. The summed E-state index contributed by atoms with van der Waals surface area (Å²) in [5, 5.41) is 13.6. The molecule has 1 atom stereocenters. The minimum Gasteiger partial charge on any atom is -0.341 e. The van der Waals surface area contributed by atoms with Crippen LogP contribution in [0.25, 0.3) is 0 Å². The zero-order valence-electron chi connectivity index (χ0n) is 15.9. The molecule has 0 radical (unpaired) electrons. The molecule has 1 aliphatic rings. The molecule has 4 rings (SSSR count). The highest BCUT2D eigenvalue weighted by Crippen LogP contribution is 2.26. The van der Waals surface area contributed by atoms with Crippen molar-refractivity contribution < 1.29 is 0 Å². The smallest absolute Gasteiger partial charge is 0.226 e. The number of anilines is 1. The van der Waals surface area contributed by atoms with Gasteiger partial charge in [0.15, 0.2) is 0 Å². The third-order valence-electron chi connectivity index (χ3n) is 5.16. The Balaban J connectivity index is 1.46. The van der Waals surface area contributed by atoms with Gasteiger partial charge in [-0.05, 0) is 48.2 Å². The highest BCUT2D eigenvalue weighted by Gasteiger charge is 2.25. The molecule has 0 aliphatic carbocycles. The lowest BCUT2D eigenvalue weighted by Crippen LogP contribution is -2.44. The largest absolute Gasteiger partial charge is 0.341 e. The number of benzene rings is 1. The van der Waals surface area contributed by atoms with Crippen molar-refractivity contribution in [2.45, 2.75) is 24.9 Å². The van der Waals surface area contributed by atoms with Gasteiger partial charge < -0.3 is 10.2 Å². The molecular formula is C22H21ClN6. The molecule has 1 saturated heterocycles. The number of hydrogen-bond acceptors (Lipinski definition) is 6. The summed E-state index contributed by atoms with van der Waals surface area (Å²) >= 11 is 6.08. The van der Waals surface area contributed by atoms with Gasteiger partial charge in [-0.2, -0.15) is 5.26 Å². The van der Waals surface area contributed by atoms with E-state index in [4.69, 9.17) is 16.9 Å². The first kappa shape index (κ1) is 19.3. The molecule has 146 valence electrons. The van der Waals surface area contributed by atoms with Gasteiger partial charge in [-0.25, -0.2) is 9.97 Å². The van der Waals surface area contributed by atoms with E-state index in [2.05, 4.69) is 49.4 Å². The minimum absolute atomic E-state index is 0.0516. The second kappa shape index (κ2) is 8.99. The van der Waals surface area contributed by atoms with Crippen LogP contribution in [-0.4, -0.2) is 34.1 Å². The van der Waals surface area contributed by atoms with Gasteiger partial charge in [0, 0.05) is 42.7 Å². The molecule has 0 spiro atoms. The van der Waals surface area contributed by atoms with Crippen molar-refractivity contribution in [3.63, 3.8) is 0 Å². The number of pyridine rings is 1. The summed E-state index contributed by atoms with van der Waals surface area (Å²) in [5.74, 6) is 0.629. The zero-order chi connectivity index (χ0) is 20.1. The Bertz CT molecular complexity index is 978. The molecule has 1 unspecified atom stereocenters. The molecule has 1 aromatic carbocycles. The molecule has 7 heteroatoms. The van der Waals surface area contributed by atoms with Gasteiger partial charge in [-0.1, -0.05) is 29.8 Å². The van der Waals surface area contributed by atoms with E-state index >= 15 is 0 Å². The second-order valence-corrected chi connectivity index (χ2v) is 7.49. The number of halogens is 1.